The van der Waals surface area contributed by atoms with E-state index in [4.69, 9.17) is 14.2 Å². The molecule has 1 aromatic carbocycles. The van der Waals surface area contributed by atoms with Crippen molar-refractivity contribution in [3.8, 4) is 0 Å². The standard InChI is InChI=1S/C17H20N2O7/c20-15-12(18-17(23)26-8-11-4-2-1-3-5-11)6-7-25-14-10-24-9-13(16(21)22)19(14)15/h1-5,12-14H,6-10H2,(H,18,23)(H,21,22). The highest BCUT2D eigenvalue weighted by atomic mass is 16.6. The summed E-state index contributed by atoms with van der Waals surface area (Å²) in [6.07, 6.45) is -1.30. The summed E-state index contributed by atoms with van der Waals surface area (Å²) in [6, 6.07) is 7.07. The molecule has 2 aliphatic rings. The first-order valence-corrected chi connectivity index (χ1v) is 8.28. The van der Waals surface area contributed by atoms with Gasteiger partial charge in [0.15, 0.2) is 12.3 Å². The first-order chi connectivity index (χ1) is 12.6. The van der Waals surface area contributed by atoms with Crippen LogP contribution in [-0.2, 0) is 30.4 Å². The lowest BCUT2D eigenvalue weighted by Crippen LogP contribution is -2.61. The molecule has 3 unspecified atom stereocenters. The van der Waals surface area contributed by atoms with Crippen molar-refractivity contribution < 1.29 is 33.7 Å². The number of ether oxygens (including phenoxy) is 3. The van der Waals surface area contributed by atoms with Crippen LogP contribution in [0.3, 0.4) is 0 Å². The molecule has 140 valence electrons. The number of carboxylic acid groups (broad SMARTS) is 1. The van der Waals surface area contributed by atoms with Gasteiger partial charge in [-0.25, -0.2) is 9.59 Å². The van der Waals surface area contributed by atoms with E-state index in [1.807, 2.05) is 30.3 Å². The van der Waals surface area contributed by atoms with Gasteiger partial charge in [-0.2, -0.15) is 0 Å². The predicted molar refractivity (Wildman–Crippen MR) is 87.0 cm³/mol. The molecule has 3 atom stereocenters. The van der Waals surface area contributed by atoms with Gasteiger partial charge in [0, 0.05) is 6.42 Å². The number of hydrogen-bond donors (Lipinski definition) is 2. The van der Waals surface area contributed by atoms with Crippen molar-refractivity contribution in [1.29, 1.82) is 0 Å². The Balaban J connectivity index is 1.62. The zero-order valence-electron chi connectivity index (χ0n) is 14.0. The smallest absolute Gasteiger partial charge is 0.408 e. The number of carboxylic acids is 1. The molecule has 2 saturated heterocycles. The molecular weight excluding hydrogens is 344 g/mol. The molecule has 2 aliphatic heterocycles. The quantitative estimate of drug-likeness (QED) is 0.792. The van der Waals surface area contributed by atoms with Crippen LogP contribution in [0.4, 0.5) is 4.79 Å². The number of aliphatic carboxylic acids is 1. The van der Waals surface area contributed by atoms with E-state index in [-0.39, 0.29) is 32.8 Å². The highest BCUT2D eigenvalue weighted by molar-refractivity contribution is 5.89. The summed E-state index contributed by atoms with van der Waals surface area (Å²) in [7, 11) is 0. The minimum absolute atomic E-state index is 0.0714. The van der Waals surface area contributed by atoms with E-state index < -0.39 is 36.3 Å². The number of benzene rings is 1. The molecule has 26 heavy (non-hydrogen) atoms. The van der Waals surface area contributed by atoms with E-state index in [1.165, 1.54) is 0 Å². The first-order valence-electron chi connectivity index (χ1n) is 8.28. The van der Waals surface area contributed by atoms with Gasteiger partial charge in [-0.3, -0.25) is 9.69 Å². The van der Waals surface area contributed by atoms with Crippen molar-refractivity contribution in [3.63, 3.8) is 0 Å². The molecule has 2 fully saturated rings. The second-order valence-corrected chi connectivity index (χ2v) is 6.01. The van der Waals surface area contributed by atoms with Crippen LogP contribution in [0.5, 0.6) is 0 Å². The maximum absolute atomic E-state index is 12.8. The zero-order valence-corrected chi connectivity index (χ0v) is 14.0. The van der Waals surface area contributed by atoms with Crippen molar-refractivity contribution >= 4 is 18.0 Å². The van der Waals surface area contributed by atoms with Gasteiger partial charge in [-0.15, -0.1) is 0 Å². The van der Waals surface area contributed by atoms with Gasteiger partial charge in [0.05, 0.1) is 19.8 Å². The molecule has 0 saturated carbocycles. The maximum Gasteiger partial charge on any atom is 0.408 e. The molecule has 0 aliphatic carbocycles. The normalized spacial score (nSPS) is 25.8. The number of fused-ring (bicyclic) bond motifs is 1. The summed E-state index contributed by atoms with van der Waals surface area (Å²) in [5.74, 6) is -1.70. The third-order valence-corrected chi connectivity index (χ3v) is 4.24. The fraction of sp³-hybridized carbons (Fsp3) is 0.471. The predicted octanol–water partition coefficient (Wildman–Crippen LogP) is 0.340. The Hall–Kier alpha value is -2.65. The molecule has 1 aromatic rings. The third kappa shape index (κ3) is 4.12. The van der Waals surface area contributed by atoms with Gasteiger partial charge in [0.1, 0.15) is 12.6 Å². The number of hydrogen-bond acceptors (Lipinski definition) is 6. The van der Waals surface area contributed by atoms with Crippen molar-refractivity contribution in [1.82, 2.24) is 10.2 Å². The fourth-order valence-corrected chi connectivity index (χ4v) is 2.92. The van der Waals surface area contributed by atoms with E-state index in [0.717, 1.165) is 10.5 Å². The molecule has 2 amide bonds. The molecule has 0 radical (unpaired) electrons. The Morgan fingerprint density at radius 1 is 1.27 bits per heavy atom. The van der Waals surface area contributed by atoms with Gasteiger partial charge in [0.25, 0.3) is 0 Å². The van der Waals surface area contributed by atoms with Gasteiger partial charge < -0.3 is 24.6 Å². The number of amides is 2. The largest absolute Gasteiger partial charge is 0.480 e. The number of rotatable bonds is 4. The second kappa shape index (κ2) is 8.15. The molecule has 2 N–H and O–H groups in total. The molecule has 9 heteroatoms. The second-order valence-electron chi connectivity index (χ2n) is 6.01. The average molecular weight is 364 g/mol. The Kier molecular flexibility index (Phi) is 5.69. The molecule has 0 aromatic heterocycles. The maximum atomic E-state index is 12.8. The minimum Gasteiger partial charge on any atom is -0.480 e. The number of carbonyl (C=O) groups is 3. The number of alkyl carbamates (subject to hydrolysis) is 1. The van der Waals surface area contributed by atoms with Gasteiger partial charge in [-0.05, 0) is 5.56 Å². The van der Waals surface area contributed by atoms with E-state index in [2.05, 4.69) is 5.32 Å². The van der Waals surface area contributed by atoms with E-state index in [0.29, 0.717) is 0 Å². The van der Waals surface area contributed by atoms with Gasteiger partial charge in [-0.1, -0.05) is 30.3 Å². The highest BCUT2D eigenvalue weighted by Gasteiger charge is 2.44. The number of morpholine rings is 1. The lowest BCUT2D eigenvalue weighted by atomic mass is 10.1. The minimum atomic E-state index is -1.18. The molecular formula is C17H20N2O7. The number of nitrogens with zero attached hydrogens (tertiary/aromatic N) is 1. The number of carbonyl (C=O) groups excluding carboxylic acids is 2. The molecule has 0 spiro atoms. The highest BCUT2D eigenvalue weighted by Crippen LogP contribution is 2.21. The van der Waals surface area contributed by atoms with Crippen molar-refractivity contribution in [2.75, 3.05) is 19.8 Å². The summed E-state index contributed by atoms with van der Waals surface area (Å²) in [5, 5.41) is 11.8. The first kappa shape index (κ1) is 18.2. The van der Waals surface area contributed by atoms with Gasteiger partial charge in [0.2, 0.25) is 5.91 Å². The summed E-state index contributed by atoms with van der Waals surface area (Å²) in [4.78, 5) is 37.3. The number of nitrogens with one attached hydrogen (secondary N) is 1. The SMILES string of the molecule is O=C(NC1CCOC2COCC(C(=O)O)N2C1=O)OCc1ccccc1. The molecule has 2 heterocycles. The van der Waals surface area contributed by atoms with Crippen LogP contribution >= 0.6 is 0 Å². The van der Waals surface area contributed by atoms with Crippen LogP contribution in [0, 0.1) is 0 Å². The van der Waals surface area contributed by atoms with E-state index in [9.17, 15) is 19.5 Å². The van der Waals surface area contributed by atoms with E-state index in [1.54, 1.807) is 0 Å². The Morgan fingerprint density at radius 2 is 2.04 bits per heavy atom. The molecule has 0 bridgehead atoms. The van der Waals surface area contributed by atoms with Crippen LogP contribution in [0.15, 0.2) is 30.3 Å². The Bertz CT molecular complexity index is 666. The van der Waals surface area contributed by atoms with Crippen LogP contribution in [0.2, 0.25) is 0 Å². The van der Waals surface area contributed by atoms with Crippen molar-refractivity contribution in [2.45, 2.75) is 31.3 Å². The summed E-state index contributed by atoms with van der Waals surface area (Å²) in [6.45, 7) is 0.237. The Labute approximate surface area is 149 Å². The lowest BCUT2D eigenvalue weighted by Gasteiger charge is -2.38. The summed E-state index contributed by atoms with van der Waals surface area (Å²) in [5.41, 5.74) is 0.817. The molecule has 3 rings (SSSR count). The van der Waals surface area contributed by atoms with Crippen molar-refractivity contribution in [2.24, 2.45) is 0 Å². The lowest BCUT2D eigenvalue weighted by molar-refractivity contribution is -0.187. The van der Waals surface area contributed by atoms with Crippen LogP contribution in [0.1, 0.15) is 12.0 Å². The van der Waals surface area contributed by atoms with Crippen LogP contribution < -0.4 is 5.32 Å². The van der Waals surface area contributed by atoms with Crippen LogP contribution in [-0.4, -0.2) is 66.1 Å². The van der Waals surface area contributed by atoms with Crippen LogP contribution in [0.25, 0.3) is 0 Å². The van der Waals surface area contributed by atoms with Gasteiger partial charge >= 0.3 is 12.1 Å². The van der Waals surface area contributed by atoms with E-state index >= 15 is 0 Å². The topological polar surface area (TPSA) is 114 Å². The third-order valence-electron chi connectivity index (χ3n) is 4.24. The Morgan fingerprint density at radius 3 is 2.77 bits per heavy atom. The summed E-state index contributed by atoms with van der Waals surface area (Å²) >= 11 is 0. The molecule has 9 nitrogen and oxygen atoms in total. The monoisotopic (exact) mass is 364 g/mol. The fourth-order valence-electron chi connectivity index (χ4n) is 2.92. The summed E-state index contributed by atoms with van der Waals surface area (Å²) < 4.78 is 15.9. The average Bonchev–Trinajstić information content (AvgIpc) is 2.80. The zero-order chi connectivity index (χ0) is 18.5. The van der Waals surface area contributed by atoms with Crippen molar-refractivity contribution in [3.05, 3.63) is 35.9 Å².